The maximum Gasteiger partial charge on any atom is 0.123 e. The van der Waals surface area contributed by atoms with Crippen LogP contribution in [0.2, 0.25) is 0 Å². The summed E-state index contributed by atoms with van der Waals surface area (Å²) in [6.45, 7) is 5.34. The number of nitrogens with one attached hydrogen (secondary N) is 1. The lowest BCUT2D eigenvalue weighted by molar-refractivity contribution is 0.0980. The monoisotopic (exact) mass is 250 g/mol. The van der Waals surface area contributed by atoms with Crippen LogP contribution >= 0.6 is 0 Å². The topological polar surface area (TPSA) is 15.3 Å². The molecule has 1 fully saturated rings. The fraction of sp³-hybridized carbons (Fsp3) is 0.600. The fourth-order valence-electron chi connectivity index (χ4n) is 3.16. The summed E-state index contributed by atoms with van der Waals surface area (Å²) in [4.78, 5) is 2.47. The quantitative estimate of drug-likeness (QED) is 0.884. The maximum absolute atomic E-state index is 13.4. The molecule has 0 bridgehead atoms. The average molecular weight is 250 g/mol. The molecular weight excluding hydrogens is 227 g/mol. The van der Waals surface area contributed by atoms with E-state index in [0.717, 1.165) is 25.2 Å². The van der Waals surface area contributed by atoms with Gasteiger partial charge in [-0.2, -0.15) is 0 Å². The van der Waals surface area contributed by atoms with Crippen LogP contribution in [-0.4, -0.2) is 31.6 Å². The molecule has 2 nitrogen and oxygen atoms in total. The van der Waals surface area contributed by atoms with Crippen LogP contribution in [0.15, 0.2) is 24.3 Å². The summed E-state index contributed by atoms with van der Waals surface area (Å²) < 4.78 is 13.4. The van der Waals surface area contributed by atoms with Crippen LogP contribution in [0.5, 0.6) is 0 Å². The van der Waals surface area contributed by atoms with Gasteiger partial charge in [-0.3, -0.25) is 4.90 Å². The summed E-state index contributed by atoms with van der Waals surface area (Å²) in [5.74, 6) is 0.447. The molecule has 0 aromatic heterocycles. The molecule has 1 aromatic carbocycles. The first-order valence-electron chi connectivity index (χ1n) is 6.90. The highest BCUT2D eigenvalue weighted by Gasteiger charge is 2.31. The Morgan fingerprint density at radius 3 is 2.94 bits per heavy atom. The van der Waals surface area contributed by atoms with Gasteiger partial charge in [0.1, 0.15) is 5.82 Å². The van der Waals surface area contributed by atoms with Crippen molar-refractivity contribution in [2.75, 3.05) is 26.7 Å². The maximum atomic E-state index is 13.4. The zero-order chi connectivity index (χ0) is 13.0. The van der Waals surface area contributed by atoms with Gasteiger partial charge in [-0.05, 0) is 63.1 Å². The third-order valence-electron chi connectivity index (χ3n) is 3.92. The highest BCUT2D eigenvalue weighted by Crippen LogP contribution is 2.35. The van der Waals surface area contributed by atoms with Crippen LogP contribution < -0.4 is 5.32 Å². The van der Waals surface area contributed by atoms with E-state index in [9.17, 15) is 4.39 Å². The van der Waals surface area contributed by atoms with E-state index in [0.29, 0.717) is 12.0 Å². The molecule has 0 radical (unpaired) electrons. The molecule has 1 aliphatic rings. The van der Waals surface area contributed by atoms with E-state index in [1.807, 2.05) is 13.1 Å². The first-order chi connectivity index (χ1) is 8.76. The molecule has 18 heavy (non-hydrogen) atoms. The zero-order valence-corrected chi connectivity index (χ0v) is 11.3. The molecule has 0 spiro atoms. The Morgan fingerprint density at radius 1 is 1.44 bits per heavy atom. The standard InChI is InChI=1S/C15H23FN2/c1-3-18-9-5-7-13(11-17-2)15(18)12-6-4-8-14(16)10-12/h4,6,8,10,13,15,17H,3,5,7,9,11H2,1-2H3. The molecule has 2 rings (SSSR count). The van der Waals surface area contributed by atoms with Gasteiger partial charge in [-0.25, -0.2) is 4.39 Å². The smallest absolute Gasteiger partial charge is 0.123 e. The lowest BCUT2D eigenvalue weighted by atomic mass is 9.84. The van der Waals surface area contributed by atoms with E-state index in [2.05, 4.69) is 23.2 Å². The highest BCUT2D eigenvalue weighted by atomic mass is 19.1. The third-order valence-corrected chi connectivity index (χ3v) is 3.92. The summed E-state index contributed by atoms with van der Waals surface area (Å²) in [7, 11) is 1.99. The highest BCUT2D eigenvalue weighted by molar-refractivity contribution is 5.22. The first kappa shape index (κ1) is 13.5. The molecular formula is C15H23FN2. The second kappa shape index (κ2) is 6.30. The van der Waals surface area contributed by atoms with Crippen molar-refractivity contribution in [3.05, 3.63) is 35.6 Å². The predicted octanol–water partition coefficient (Wildman–Crippen LogP) is 2.82. The van der Waals surface area contributed by atoms with Crippen molar-refractivity contribution in [3.63, 3.8) is 0 Å². The van der Waals surface area contributed by atoms with Crippen molar-refractivity contribution < 1.29 is 4.39 Å². The van der Waals surface area contributed by atoms with Gasteiger partial charge in [0.05, 0.1) is 0 Å². The molecule has 0 aliphatic carbocycles. The van der Waals surface area contributed by atoms with Gasteiger partial charge >= 0.3 is 0 Å². The van der Waals surface area contributed by atoms with Crippen molar-refractivity contribution in [1.82, 2.24) is 10.2 Å². The minimum absolute atomic E-state index is 0.127. The third kappa shape index (κ3) is 2.90. The van der Waals surface area contributed by atoms with Crippen LogP contribution in [0.1, 0.15) is 31.4 Å². The number of nitrogens with zero attached hydrogens (tertiary/aromatic N) is 1. The van der Waals surface area contributed by atoms with Crippen molar-refractivity contribution in [2.24, 2.45) is 5.92 Å². The van der Waals surface area contributed by atoms with E-state index in [1.54, 1.807) is 6.07 Å². The molecule has 3 heteroatoms. The van der Waals surface area contributed by atoms with Crippen LogP contribution in [0.25, 0.3) is 0 Å². The van der Waals surface area contributed by atoms with E-state index >= 15 is 0 Å². The summed E-state index contributed by atoms with van der Waals surface area (Å²) >= 11 is 0. The fourth-order valence-corrected chi connectivity index (χ4v) is 3.16. The molecule has 1 saturated heterocycles. The lowest BCUT2D eigenvalue weighted by Crippen LogP contribution is -2.42. The summed E-state index contributed by atoms with van der Waals surface area (Å²) in [5, 5.41) is 3.28. The molecule has 1 N–H and O–H groups in total. The van der Waals surface area contributed by atoms with E-state index < -0.39 is 0 Å². The molecule has 1 heterocycles. The van der Waals surface area contributed by atoms with Gasteiger partial charge in [0.25, 0.3) is 0 Å². The van der Waals surface area contributed by atoms with Gasteiger partial charge in [0.15, 0.2) is 0 Å². The summed E-state index contributed by atoms with van der Waals surface area (Å²) in [6, 6.07) is 7.46. The van der Waals surface area contributed by atoms with Crippen molar-refractivity contribution in [3.8, 4) is 0 Å². The van der Waals surface area contributed by atoms with Gasteiger partial charge < -0.3 is 5.32 Å². The predicted molar refractivity (Wildman–Crippen MR) is 73.0 cm³/mol. The molecule has 1 aromatic rings. The van der Waals surface area contributed by atoms with Gasteiger partial charge in [0.2, 0.25) is 0 Å². The number of benzene rings is 1. The van der Waals surface area contributed by atoms with Crippen molar-refractivity contribution in [1.29, 1.82) is 0 Å². The Kier molecular flexibility index (Phi) is 4.72. The largest absolute Gasteiger partial charge is 0.319 e. The van der Waals surface area contributed by atoms with Gasteiger partial charge in [0, 0.05) is 6.04 Å². The molecule has 1 aliphatic heterocycles. The summed E-state index contributed by atoms with van der Waals surface area (Å²) in [5.41, 5.74) is 1.12. The van der Waals surface area contributed by atoms with Crippen molar-refractivity contribution in [2.45, 2.75) is 25.8 Å². The number of rotatable bonds is 4. The molecule has 2 unspecified atom stereocenters. The number of likely N-dealkylation sites (tertiary alicyclic amines) is 1. The molecule has 100 valence electrons. The second-order valence-corrected chi connectivity index (χ2v) is 5.09. The Hall–Kier alpha value is -0.930. The van der Waals surface area contributed by atoms with E-state index in [1.165, 1.54) is 18.9 Å². The molecule has 0 saturated carbocycles. The van der Waals surface area contributed by atoms with Crippen LogP contribution in [0, 0.1) is 11.7 Å². The first-order valence-corrected chi connectivity index (χ1v) is 6.90. The molecule has 2 atom stereocenters. The van der Waals surface area contributed by atoms with Crippen molar-refractivity contribution >= 4 is 0 Å². The van der Waals surface area contributed by atoms with Gasteiger partial charge in [-0.15, -0.1) is 0 Å². The van der Waals surface area contributed by atoms with E-state index in [-0.39, 0.29) is 5.82 Å². The number of hydrogen-bond acceptors (Lipinski definition) is 2. The number of halogens is 1. The minimum atomic E-state index is -0.127. The zero-order valence-electron chi connectivity index (χ0n) is 11.3. The minimum Gasteiger partial charge on any atom is -0.319 e. The second-order valence-electron chi connectivity index (χ2n) is 5.09. The van der Waals surface area contributed by atoms with Crippen LogP contribution in [0.3, 0.4) is 0 Å². The number of hydrogen-bond donors (Lipinski definition) is 1. The van der Waals surface area contributed by atoms with Crippen LogP contribution in [0.4, 0.5) is 4.39 Å². The molecule has 0 amide bonds. The van der Waals surface area contributed by atoms with E-state index in [4.69, 9.17) is 0 Å². The lowest BCUT2D eigenvalue weighted by Gasteiger charge is -2.41. The van der Waals surface area contributed by atoms with Crippen LogP contribution in [-0.2, 0) is 0 Å². The van der Waals surface area contributed by atoms with Gasteiger partial charge in [-0.1, -0.05) is 19.1 Å². The number of piperidine rings is 1. The Labute approximate surface area is 109 Å². The Bertz CT molecular complexity index is 379. The Balaban J connectivity index is 2.27. The summed E-state index contributed by atoms with van der Waals surface area (Å²) in [6.07, 6.45) is 2.46. The SMILES string of the molecule is CCN1CCCC(CNC)C1c1cccc(F)c1. The normalized spacial score (nSPS) is 25.3. The Morgan fingerprint density at radius 2 is 2.28 bits per heavy atom. The average Bonchev–Trinajstić information content (AvgIpc) is 2.38.